The van der Waals surface area contributed by atoms with Gasteiger partial charge in [0.2, 0.25) is 11.8 Å². The van der Waals surface area contributed by atoms with Crippen molar-refractivity contribution in [1.82, 2.24) is 9.80 Å². The number of amides is 2. The molecule has 0 radical (unpaired) electrons. The minimum Gasteiger partial charge on any atom is -0.477 e. The molecule has 4 rings (SSSR count). The molecule has 2 amide bonds. The fraction of sp³-hybridized carbons (Fsp3) is 0.562. The highest BCUT2D eigenvalue weighted by Crippen LogP contribution is 2.40. The van der Waals surface area contributed by atoms with Crippen LogP contribution in [0.4, 0.5) is 0 Å². The Morgan fingerprint density at radius 2 is 2.07 bits per heavy atom. The summed E-state index contributed by atoms with van der Waals surface area (Å²) in [6, 6.07) is -1.02. The molecule has 0 saturated carbocycles. The highest BCUT2D eigenvalue weighted by Gasteiger charge is 2.51. The van der Waals surface area contributed by atoms with Gasteiger partial charge in [0.15, 0.2) is 9.84 Å². The number of nitrogens with zero attached hydrogens (tertiary/aromatic N) is 2. The second-order valence-electron chi connectivity index (χ2n) is 7.09. The third-order valence-electron chi connectivity index (χ3n) is 5.40. The number of thioether (sulfide) groups is 1. The predicted octanol–water partition coefficient (Wildman–Crippen LogP) is -1.09. The van der Waals surface area contributed by atoms with E-state index in [1.54, 1.807) is 11.0 Å². The van der Waals surface area contributed by atoms with E-state index in [1.807, 2.05) is 0 Å². The van der Waals surface area contributed by atoms with Crippen LogP contribution in [0.25, 0.3) is 0 Å². The number of hydrogen-bond donors (Lipinski definition) is 2. The SMILES string of the molecule is N[C@@H]1C(=O)N2C(C(=O)O)=C(C=C3CCN(C4CCS(=O)(=O)C4)C3=O)CS[C@H]12. The molecule has 11 heteroatoms. The Morgan fingerprint density at radius 3 is 2.70 bits per heavy atom. The van der Waals surface area contributed by atoms with Crippen molar-refractivity contribution in [3.8, 4) is 0 Å². The van der Waals surface area contributed by atoms with E-state index in [-0.39, 0.29) is 34.5 Å². The summed E-state index contributed by atoms with van der Waals surface area (Å²) in [4.78, 5) is 39.2. The highest BCUT2D eigenvalue weighted by atomic mass is 32.2. The molecule has 3 fully saturated rings. The summed E-state index contributed by atoms with van der Waals surface area (Å²) in [5, 5.41) is 9.18. The number of carboxylic acid groups (broad SMARTS) is 1. The van der Waals surface area contributed by atoms with E-state index in [0.717, 1.165) is 0 Å². The minimum absolute atomic E-state index is 0.0210. The zero-order chi connectivity index (χ0) is 19.5. The van der Waals surface area contributed by atoms with Crippen molar-refractivity contribution in [3.05, 3.63) is 22.9 Å². The number of sulfone groups is 1. The Balaban J connectivity index is 1.60. The zero-order valence-electron chi connectivity index (χ0n) is 14.3. The maximum atomic E-state index is 12.7. The van der Waals surface area contributed by atoms with Gasteiger partial charge in [0.25, 0.3) is 0 Å². The maximum Gasteiger partial charge on any atom is 0.352 e. The molecule has 0 aliphatic carbocycles. The van der Waals surface area contributed by atoms with Crippen molar-refractivity contribution in [3.63, 3.8) is 0 Å². The number of β-lactam (4-membered cyclic amide) rings is 1. The first-order valence-corrected chi connectivity index (χ1v) is 11.5. The second-order valence-corrected chi connectivity index (χ2v) is 10.4. The molecule has 4 heterocycles. The lowest BCUT2D eigenvalue weighted by Gasteiger charge is -2.47. The summed E-state index contributed by atoms with van der Waals surface area (Å²) < 4.78 is 23.4. The fourth-order valence-corrected chi connectivity index (χ4v) is 6.98. The average molecular weight is 413 g/mol. The van der Waals surface area contributed by atoms with Gasteiger partial charge in [-0.3, -0.25) is 14.5 Å². The van der Waals surface area contributed by atoms with Crippen molar-refractivity contribution in [2.24, 2.45) is 5.73 Å². The first-order chi connectivity index (χ1) is 12.7. The van der Waals surface area contributed by atoms with Gasteiger partial charge in [-0.2, -0.15) is 0 Å². The maximum absolute atomic E-state index is 12.7. The third kappa shape index (κ3) is 2.97. The van der Waals surface area contributed by atoms with Crippen molar-refractivity contribution in [1.29, 1.82) is 0 Å². The lowest BCUT2D eigenvalue weighted by atomic mass is 10.0. The molecule has 146 valence electrons. The highest BCUT2D eigenvalue weighted by molar-refractivity contribution is 8.00. The van der Waals surface area contributed by atoms with Gasteiger partial charge in [-0.25, -0.2) is 13.2 Å². The van der Waals surface area contributed by atoms with E-state index in [1.165, 1.54) is 16.7 Å². The predicted molar refractivity (Wildman–Crippen MR) is 97.2 cm³/mol. The lowest BCUT2D eigenvalue weighted by molar-refractivity contribution is -0.147. The van der Waals surface area contributed by atoms with Crippen molar-refractivity contribution >= 4 is 39.4 Å². The number of likely N-dealkylation sites (tertiary alicyclic amines) is 1. The summed E-state index contributed by atoms with van der Waals surface area (Å²) in [5.41, 5.74) is 6.47. The van der Waals surface area contributed by atoms with Gasteiger partial charge in [0.1, 0.15) is 17.1 Å². The Kier molecular flexibility index (Phi) is 4.35. The summed E-state index contributed by atoms with van der Waals surface area (Å²) in [6.07, 6.45) is 2.41. The van der Waals surface area contributed by atoms with Gasteiger partial charge >= 0.3 is 5.97 Å². The van der Waals surface area contributed by atoms with Crippen LogP contribution in [0, 0.1) is 0 Å². The van der Waals surface area contributed by atoms with Gasteiger partial charge in [0, 0.05) is 23.9 Å². The molecule has 4 aliphatic rings. The number of carbonyl (C=O) groups is 3. The molecule has 3 saturated heterocycles. The van der Waals surface area contributed by atoms with Crippen molar-refractivity contribution in [2.75, 3.05) is 23.8 Å². The molecule has 0 aromatic heterocycles. The Hall–Kier alpha value is -1.85. The first kappa shape index (κ1) is 18.5. The van der Waals surface area contributed by atoms with E-state index < -0.39 is 27.8 Å². The molecular formula is C16H19N3O6S2. The Labute approximate surface area is 160 Å². The van der Waals surface area contributed by atoms with Crippen LogP contribution >= 0.6 is 11.8 Å². The third-order valence-corrected chi connectivity index (χ3v) is 8.47. The molecule has 3 atom stereocenters. The molecule has 0 aromatic carbocycles. The van der Waals surface area contributed by atoms with Gasteiger partial charge in [0.05, 0.1) is 11.5 Å². The van der Waals surface area contributed by atoms with Gasteiger partial charge < -0.3 is 15.7 Å². The monoisotopic (exact) mass is 413 g/mol. The smallest absolute Gasteiger partial charge is 0.352 e. The molecule has 9 nitrogen and oxygen atoms in total. The number of carbonyl (C=O) groups excluding carboxylic acids is 2. The molecular weight excluding hydrogens is 394 g/mol. The van der Waals surface area contributed by atoms with E-state index in [0.29, 0.717) is 36.3 Å². The molecule has 1 unspecified atom stereocenters. The largest absolute Gasteiger partial charge is 0.477 e. The summed E-state index contributed by atoms with van der Waals surface area (Å²) in [6.45, 7) is 0.420. The van der Waals surface area contributed by atoms with Crippen LogP contribution in [0.5, 0.6) is 0 Å². The number of aliphatic carboxylic acids is 1. The van der Waals surface area contributed by atoms with Crippen LogP contribution in [0.2, 0.25) is 0 Å². The van der Waals surface area contributed by atoms with Crippen LogP contribution in [0.1, 0.15) is 12.8 Å². The molecule has 3 N–H and O–H groups in total. The average Bonchev–Trinajstić information content (AvgIpc) is 3.15. The first-order valence-electron chi connectivity index (χ1n) is 8.58. The summed E-state index contributed by atoms with van der Waals surface area (Å²) in [5.74, 6) is -1.50. The fourth-order valence-electron chi connectivity index (χ4n) is 4.00. The van der Waals surface area contributed by atoms with Crippen LogP contribution < -0.4 is 5.73 Å². The Morgan fingerprint density at radius 1 is 1.33 bits per heavy atom. The van der Waals surface area contributed by atoms with Gasteiger partial charge in [-0.1, -0.05) is 0 Å². The number of fused-ring (bicyclic) bond motifs is 1. The quantitative estimate of drug-likeness (QED) is 0.440. The van der Waals surface area contributed by atoms with Crippen LogP contribution in [-0.4, -0.2) is 82.4 Å². The number of allylic oxidation sites excluding steroid dienone is 1. The van der Waals surface area contributed by atoms with Gasteiger partial charge in [-0.05, 0) is 24.5 Å². The van der Waals surface area contributed by atoms with Crippen molar-refractivity contribution < 1.29 is 27.9 Å². The molecule has 0 bridgehead atoms. The number of nitrogens with two attached hydrogens (primary N) is 1. The van der Waals surface area contributed by atoms with Crippen LogP contribution in [0.15, 0.2) is 22.9 Å². The standard InChI is InChI=1S/C16H19N3O6S2/c17-11-14(21)19-12(16(22)23)9(6-26-15(11)19)5-8-1-3-18(13(8)20)10-2-4-27(24,25)7-10/h5,10-11,15H,1-4,6-7,17H2,(H,22,23)/t10?,11-,15-/m1/s1. The summed E-state index contributed by atoms with van der Waals surface area (Å²) in [7, 11) is -3.10. The molecule has 0 spiro atoms. The van der Waals surface area contributed by atoms with Crippen molar-refractivity contribution in [2.45, 2.75) is 30.3 Å². The van der Waals surface area contributed by atoms with E-state index in [2.05, 4.69) is 0 Å². The topological polar surface area (TPSA) is 138 Å². The zero-order valence-corrected chi connectivity index (χ0v) is 16.0. The normalized spacial score (nSPS) is 34.3. The van der Waals surface area contributed by atoms with Gasteiger partial charge in [-0.15, -0.1) is 11.8 Å². The number of rotatable bonds is 3. The van der Waals surface area contributed by atoms with E-state index in [9.17, 15) is 27.9 Å². The molecule has 4 aliphatic heterocycles. The van der Waals surface area contributed by atoms with E-state index in [4.69, 9.17) is 5.73 Å². The summed E-state index contributed by atoms with van der Waals surface area (Å²) >= 11 is 1.37. The van der Waals surface area contributed by atoms with Crippen LogP contribution in [0.3, 0.4) is 0 Å². The lowest BCUT2D eigenvalue weighted by Crippen LogP contribution is -2.68. The van der Waals surface area contributed by atoms with E-state index >= 15 is 0 Å². The molecule has 27 heavy (non-hydrogen) atoms. The number of carboxylic acids is 1. The van der Waals surface area contributed by atoms with Crippen LogP contribution in [-0.2, 0) is 24.2 Å². The second kappa shape index (κ2) is 6.35. The Bertz CT molecular complexity index is 909. The molecule has 0 aromatic rings. The number of hydrogen-bond acceptors (Lipinski definition) is 7. The minimum atomic E-state index is -3.10.